The van der Waals surface area contributed by atoms with Crippen molar-refractivity contribution in [2.45, 2.75) is 4.90 Å². The second-order valence-corrected chi connectivity index (χ2v) is 7.18. The molecule has 0 aliphatic rings. The minimum atomic E-state index is -4.62. The minimum absolute atomic E-state index is 0.121. The lowest BCUT2D eigenvalue weighted by atomic mass is 10.2. The lowest BCUT2D eigenvalue weighted by molar-refractivity contribution is -0.384. The number of halogens is 1. The number of aliphatic carboxylic acids is 1. The standard InChI is InChI=1S/C16H15FN2O8S/c1-26-14-6-4-11(8-12(14)17)28(24,25)18(9-16(20)21)13-7-10(19(22)23)3-5-15(13)27-2/h3-8H,9H2,1-2H3,(H,20,21). The molecule has 28 heavy (non-hydrogen) atoms. The molecule has 0 atom stereocenters. The number of carbonyl (C=O) groups is 1. The van der Waals surface area contributed by atoms with Crippen molar-refractivity contribution < 1.29 is 37.1 Å². The summed E-state index contributed by atoms with van der Waals surface area (Å²) in [4.78, 5) is 21.0. The van der Waals surface area contributed by atoms with E-state index in [9.17, 15) is 27.7 Å². The number of ether oxygens (including phenoxy) is 2. The molecule has 2 rings (SSSR count). The van der Waals surface area contributed by atoms with Crippen LogP contribution in [0, 0.1) is 15.9 Å². The molecule has 0 radical (unpaired) electrons. The van der Waals surface area contributed by atoms with Gasteiger partial charge in [-0.05, 0) is 24.3 Å². The molecule has 12 heteroatoms. The maximum Gasteiger partial charge on any atom is 0.324 e. The smallest absolute Gasteiger partial charge is 0.324 e. The Bertz CT molecular complexity index is 1030. The SMILES string of the molecule is COc1ccc(S(=O)(=O)N(CC(=O)O)c2cc([N+](=O)[O-])ccc2OC)cc1F. The second-order valence-electron chi connectivity index (χ2n) is 5.32. The van der Waals surface area contributed by atoms with Gasteiger partial charge in [0.25, 0.3) is 15.7 Å². The monoisotopic (exact) mass is 414 g/mol. The van der Waals surface area contributed by atoms with Gasteiger partial charge in [0.05, 0.1) is 24.0 Å². The van der Waals surface area contributed by atoms with Gasteiger partial charge in [-0.15, -0.1) is 0 Å². The third-order valence-corrected chi connectivity index (χ3v) is 5.39. The Morgan fingerprint density at radius 2 is 1.79 bits per heavy atom. The maximum absolute atomic E-state index is 14.0. The molecule has 2 aromatic carbocycles. The van der Waals surface area contributed by atoms with Crippen LogP contribution in [0.5, 0.6) is 11.5 Å². The summed E-state index contributed by atoms with van der Waals surface area (Å²) in [5.41, 5.74) is -0.863. The summed E-state index contributed by atoms with van der Waals surface area (Å²) in [7, 11) is -2.24. The van der Waals surface area contributed by atoms with E-state index in [1.54, 1.807) is 0 Å². The molecule has 0 amide bonds. The van der Waals surface area contributed by atoms with Crippen LogP contribution in [0.3, 0.4) is 0 Å². The molecule has 0 unspecified atom stereocenters. The van der Waals surface area contributed by atoms with Gasteiger partial charge in [0.1, 0.15) is 18.0 Å². The van der Waals surface area contributed by atoms with E-state index in [0.29, 0.717) is 10.4 Å². The molecular formula is C16H15FN2O8S. The number of nitrogens with zero attached hydrogens (tertiary/aromatic N) is 2. The van der Waals surface area contributed by atoms with E-state index >= 15 is 0 Å². The van der Waals surface area contributed by atoms with E-state index < -0.39 is 43.9 Å². The molecule has 0 aromatic heterocycles. The second kappa shape index (κ2) is 8.08. The summed E-state index contributed by atoms with van der Waals surface area (Å²) in [5.74, 6) is -2.85. The van der Waals surface area contributed by atoms with Gasteiger partial charge in [-0.3, -0.25) is 19.2 Å². The van der Waals surface area contributed by atoms with Gasteiger partial charge < -0.3 is 14.6 Å². The molecule has 0 saturated carbocycles. The molecule has 0 aliphatic carbocycles. The van der Waals surface area contributed by atoms with E-state index in [2.05, 4.69) is 0 Å². The van der Waals surface area contributed by atoms with Gasteiger partial charge in [0, 0.05) is 12.1 Å². The van der Waals surface area contributed by atoms with E-state index in [1.807, 2.05) is 0 Å². The van der Waals surface area contributed by atoms with Gasteiger partial charge in [-0.2, -0.15) is 0 Å². The van der Waals surface area contributed by atoms with Crippen molar-refractivity contribution >= 4 is 27.4 Å². The normalized spacial score (nSPS) is 11.0. The fourth-order valence-corrected chi connectivity index (χ4v) is 3.77. The highest BCUT2D eigenvalue weighted by Gasteiger charge is 2.31. The first kappa shape index (κ1) is 20.9. The number of carboxylic acid groups (broad SMARTS) is 1. The van der Waals surface area contributed by atoms with E-state index in [0.717, 1.165) is 30.3 Å². The van der Waals surface area contributed by atoms with Gasteiger partial charge in [0.2, 0.25) is 0 Å². The number of nitro benzene ring substituents is 1. The fourth-order valence-electron chi connectivity index (χ4n) is 2.34. The molecule has 0 saturated heterocycles. The van der Waals surface area contributed by atoms with Crippen LogP contribution in [0.25, 0.3) is 0 Å². The zero-order chi connectivity index (χ0) is 21.1. The summed E-state index contributed by atoms with van der Waals surface area (Å²) >= 11 is 0. The number of non-ortho nitro benzene ring substituents is 1. The summed E-state index contributed by atoms with van der Waals surface area (Å²) in [6, 6.07) is 5.81. The van der Waals surface area contributed by atoms with Crippen LogP contribution in [0.4, 0.5) is 15.8 Å². The topological polar surface area (TPSA) is 136 Å². The highest BCUT2D eigenvalue weighted by molar-refractivity contribution is 7.92. The first-order chi connectivity index (χ1) is 13.1. The number of benzene rings is 2. The van der Waals surface area contributed by atoms with E-state index in [-0.39, 0.29) is 17.2 Å². The van der Waals surface area contributed by atoms with Crippen LogP contribution in [0.15, 0.2) is 41.3 Å². The largest absolute Gasteiger partial charge is 0.495 e. The lowest BCUT2D eigenvalue weighted by Crippen LogP contribution is -2.36. The van der Waals surface area contributed by atoms with Crippen molar-refractivity contribution in [3.05, 3.63) is 52.3 Å². The molecule has 150 valence electrons. The Balaban J connectivity index is 2.70. The average molecular weight is 414 g/mol. The summed E-state index contributed by atoms with van der Waals surface area (Å²) in [5, 5.41) is 20.2. The Morgan fingerprint density at radius 1 is 1.18 bits per heavy atom. The van der Waals surface area contributed by atoms with Crippen LogP contribution in [-0.2, 0) is 14.8 Å². The Kier molecular flexibility index (Phi) is 6.03. The molecular weight excluding hydrogens is 399 g/mol. The molecule has 0 bridgehead atoms. The van der Waals surface area contributed by atoms with Crippen LogP contribution in [-0.4, -0.2) is 45.2 Å². The van der Waals surface area contributed by atoms with Gasteiger partial charge in [-0.1, -0.05) is 0 Å². The fraction of sp³-hybridized carbons (Fsp3) is 0.188. The molecule has 1 N–H and O–H groups in total. The van der Waals surface area contributed by atoms with Crippen LogP contribution in [0.2, 0.25) is 0 Å². The Hall–Kier alpha value is -3.41. The van der Waals surface area contributed by atoms with Gasteiger partial charge in [0.15, 0.2) is 11.6 Å². The zero-order valence-corrected chi connectivity index (χ0v) is 15.5. The summed E-state index contributed by atoms with van der Waals surface area (Å²) < 4.78 is 50.1. The van der Waals surface area contributed by atoms with Crippen molar-refractivity contribution in [3.8, 4) is 11.5 Å². The number of hydrogen-bond acceptors (Lipinski definition) is 7. The van der Waals surface area contributed by atoms with Crippen molar-refractivity contribution in [2.24, 2.45) is 0 Å². The number of anilines is 1. The Morgan fingerprint density at radius 3 is 2.29 bits per heavy atom. The highest BCUT2D eigenvalue weighted by atomic mass is 32.2. The predicted octanol–water partition coefficient (Wildman–Crippen LogP) is 2.03. The van der Waals surface area contributed by atoms with Crippen molar-refractivity contribution in [1.29, 1.82) is 0 Å². The van der Waals surface area contributed by atoms with Crippen molar-refractivity contribution in [3.63, 3.8) is 0 Å². The first-order valence-electron chi connectivity index (χ1n) is 7.52. The van der Waals surface area contributed by atoms with Crippen molar-refractivity contribution in [1.82, 2.24) is 0 Å². The number of carboxylic acids is 1. The maximum atomic E-state index is 14.0. The van der Waals surface area contributed by atoms with Crippen LogP contribution in [0.1, 0.15) is 0 Å². The third-order valence-electron chi connectivity index (χ3n) is 3.63. The molecule has 10 nitrogen and oxygen atoms in total. The van der Waals surface area contributed by atoms with Crippen molar-refractivity contribution in [2.75, 3.05) is 25.1 Å². The minimum Gasteiger partial charge on any atom is -0.495 e. The zero-order valence-electron chi connectivity index (χ0n) is 14.7. The summed E-state index contributed by atoms with van der Waals surface area (Å²) in [6.45, 7) is -1.08. The van der Waals surface area contributed by atoms with Gasteiger partial charge in [-0.25, -0.2) is 12.8 Å². The number of nitro groups is 1. The average Bonchev–Trinajstić information content (AvgIpc) is 2.65. The van der Waals surface area contributed by atoms with E-state index in [1.165, 1.54) is 14.2 Å². The summed E-state index contributed by atoms with van der Waals surface area (Å²) in [6.07, 6.45) is 0. The lowest BCUT2D eigenvalue weighted by Gasteiger charge is -2.24. The number of rotatable bonds is 8. The highest BCUT2D eigenvalue weighted by Crippen LogP contribution is 2.36. The third kappa shape index (κ3) is 4.11. The van der Waals surface area contributed by atoms with Crippen LogP contribution >= 0.6 is 0 Å². The molecule has 0 heterocycles. The molecule has 0 fully saturated rings. The van der Waals surface area contributed by atoms with Crippen LogP contribution < -0.4 is 13.8 Å². The molecule has 2 aromatic rings. The predicted molar refractivity (Wildman–Crippen MR) is 94.8 cm³/mol. The number of hydrogen-bond donors (Lipinski definition) is 1. The van der Waals surface area contributed by atoms with Gasteiger partial charge >= 0.3 is 5.97 Å². The number of methoxy groups -OCH3 is 2. The molecule has 0 spiro atoms. The number of sulfonamides is 1. The quantitative estimate of drug-likeness (QED) is 0.512. The molecule has 0 aliphatic heterocycles. The van der Waals surface area contributed by atoms with E-state index in [4.69, 9.17) is 14.6 Å². The Labute approximate surface area is 158 Å². The first-order valence-corrected chi connectivity index (χ1v) is 8.96.